The van der Waals surface area contributed by atoms with E-state index in [0.717, 1.165) is 36.1 Å². The first kappa shape index (κ1) is 12.1. The highest BCUT2D eigenvalue weighted by molar-refractivity contribution is 9.10. The average Bonchev–Trinajstić information content (AvgIpc) is 2.24. The zero-order valence-corrected chi connectivity index (χ0v) is 10.5. The molecule has 1 N–H and O–H groups in total. The number of hydrogen-bond acceptors (Lipinski definition) is 2. The minimum Gasteiger partial charge on any atom is -0.369 e. The average molecular weight is 267 g/mol. The first-order chi connectivity index (χ1) is 7.25. The summed E-state index contributed by atoms with van der Waals surface area (Å²) in [5, 5.41) is 3.29. The maximum atomic E-state index is 5.18. The van der Waals surface area contributed by atoms with E-state index in [2.05, 4.69) is 39.1 Å². The van der Waals surface area contributed by atoms with Crippen molar-refractivity contribution in [2.45, 2.75) is 26.2 Å². The number of anilines is 1. The highest BCUT2D eigenvalue weighted by Gasteiger charge is 2.01. The third-order valence-electron chi connectivity index (χ3n) is 2.12. The van der Waals surface area contributed by atoms with E-state index in [1.807, 2.05) is 12.3 Å². The Morgan fingerprint density at radius 3 is 3.07 bits per heavy atom. The lowest BCUT2D eigenvalue weighted by molar-refractivity contribution is 0.787. The van der Waals surface area contributed by atoms with Crippen LogP contribution in [0, 0.1) is 19.3 Å². The number of aryl methyl sites for hydroxylation is 1. The smallest absolute Gasteiger partial charge is 0.140 e. The van der Waals surface area contributed by atoms with Crippen LogP contribution in [0.3, 0.4) is 0 Å². The molecule has 80 valence electrons. The molecule has 15 heavy (non-hydrogen) atoms. The van der Waals surface area contributed by atoms with Crippen LogP contribution in [0.25, 0.3) is 0 Å². The first-order valence-electron chi connectivity index (χ1n) is 5.04. The summed E-state index contributed by atoms with van der Waals surface area (Å²) in [7, 11) is 0. The summed E-state index contributed by atoms with van der Waals surface area (Å²) in [5.74, 6) is 3.55. The molecule has 0 aromatic carbocycles. The summed E-state index contributed by atoms with van der Waals surface area (Å²) in [4.78, 5) is 4.26. The number of hydrogen-bond donors (Lipinski definition) is 1. The molecule has 0 unspecified atom stereocenters. The van der Waals surface area contributed by atoms with Gasteiger partial charge in [-0.15, -0.1) is 12.3 Å². The van der Waals surface area contributed by atoms with E-state index in [1.54, 1.807) is 0 Å². The lowest BCUT2D eigenvalue weighted by Gasteiger charge is -2.08. The molecule has 0 aliphatic heterocycles. The Balaban J connectivity index is 2.38. The quantitative estimate of drug-likeness (QED) is 0.653. The van der Waals surface area contributed by atoms with E-state index in [0.29, 0.717) is 0 Å². The van der Waals surface area contributed by atoms with Crippen LogP contribution >= 0.6 is 15.9 Å². The van der Waals surface area contributed by atoms with Gasteiger partial charge in [-0.05, 0) is 47.3 Å². The van der Waals surface area contributed by atoms with E-state index in [-0.39, 0.29) is 0 Å². The standard InChI is InChI=1S/C12H15BrN2/c1-3-4-5-6-8-14-12-11(13)10(2)7-9-15-12/h1,7,9H,4-6,8H2,2H3,(H,14,15). The van der Waals surface area contributed by atoms with Crippen LogP contribution < -0.4 is 5.32 Å². The molecule has 1 heterocycles. The normalized spacial score (nSPS) is 9.67. The molecule has 0 aliphatic carbocycles. The first-order valence-corrected chi connectivity index (χ1v) is 5.83. The van der Waals surface area contributed by atoms with Crippen molar-refractivity contribution in [3.05, 3.63) is 22.3 Å². The van der Waals surface area contributed by atoms with E-state index in [4.69, 9.17) is 6.42 Å². The maximum Gasteiger partial charge on any atom is 0.140 e. The van der Waals surface area contributed by atoms with Gasteiger partial charge in [-0.3, -0.25) is 0 Å². The number of nitrogens with one attached hydrogen (secondary N) is 1. The molecule has 0 fully saturated rings. The number of aromatic nitrogens is 1. The molecule has 2 nitrogen and oxygen atoms in total. The Hall–Kier alpha value is -1.01. The molecule has 0 radical (unpaired) electrons. The van der Waals surface area contributed by atoms with Crippen LogP contribution in [0.2, 0.25) is 0 Å². The number of rotatable bonds is 5. The summed E-state index contributed by atoms with van der Waals surface area (Å²) in [6.07, 6.45) is 9.97. The second kappa shape index (κ2) is 6.47. The van der Waals surface area contributed by atoms with Gasteiger partial charge < -0.3 is 5.32 Å². The molecule has 0 bridgehead atoms. The van der Waals surface area contributed by atoms with Crippen molar-refractivity contribution in [3.8, 4) is 12.3 Å². The fourth-order valence-corrected chi connectivity index (χ4v) is 1.60. The number of halogens is 1. The lowest BCUT2D eigenvalue weighted by Crippen LogP contribution is -2.04. The molecule has 0 amide bonds. The highest BCUT2D eigenvalue weighted by atomic mass is 79.9. The lowest BCUT2D eigenvalue weighted by atomic mass is 10.2. The van der Waals surface area contributed by atoms with Gasteiger partial charge in [0, 0.05) is 19.2 Å². The molecule has 1 aromatic rings. The Morgan fingerprint density at radius 1 is 1.53 bits per heavy atom. The van der Waals surface area contributed by atoms with E-state index >= 15 is 0 Å². The van der Waals surface area contributed by atoms with Crippen LogP contribution in [-0.4, -0.2) is 11.5 Å². The predicted octanol–water partition coefficient (Wildman–Crippen LogP) is 3.37. The Morgan fingerprint density at radius 2 is 2.33 bits per heavy atom. The summed E-state index contributed by atoms with van der Waals surface area (Å²) < 4.78 is 1.04. The van der Waals surface area contributed by atoms with Gasteiger partial charge in [0.1, 0.15) is 5.82 Å². The zero-order valence-electron chi connectivity index (χ0n) is 8.89. The minimum atomic E-state index is 0.851. The molecule has 1 rings (SSSR count). The van der Waals surface area contributed by atoms with Gasteiger partial charge in [0.15, 0.2) is 0 Å². The van der Waals surface area contributed by atoms with Crippen molar-refractivity contribution in [3.63, 3.8) is 0 Å². The van der Waals surface area contributed by atoms with Gasteiger partial charge in [0.05, 0.1) is 4.47 Å². The Kier molecular flexibility index (Phi) is 5.20. The van der Waals surface area contributed by atoms with E-state index in [1.165, 1.54) is 5.56 Å². The largest absolute Gasteiger partial charge is 0.369 e. The zero-order chi connectivity index (χ0) is 11.1. The third-order valence-corrected chi connectivity index (χ3v) is 3.12. The SMILES string of the molecule is C#CCCCCNc1nccc(C)c1Br. The molecule has 0 saturated heterocycles. The molecular formula is C12H15BrN2. The summed E-state index contributed by atoms with van der Waals surface area (Å²) in [6.45, 7) is 2.96. The monoisotopic (exact) mass is 266 g/mol. The van der Waals surface area contributed by atoms with Crippen LogP contribution in [0.1, 0.15) is 24.8 Å². The van der Waals surface area contributed by atoms with Gasteiger partial charge in [-0.1, -0.05) is 0 Å². The predicted molar refractivity (Wildman–Crippen MR) is 67.8 cm³/mol. The van der Waals surface area contributed by atoms with Gasteiger partial charge >= 0.3 is 0 Å². The van der Waals surface area contributed by atoms with Crippen LogP contribution in [-0.2, 0) is 0 Å². The van der Waals surface area contributed by atoms with Crippen molar-refractivity contribution < 1.29 is 0 Å². The summed E-state index contributed by atoms with van der Waals surface area (Å²) in [5.41, 5.74) is 1.19. The fourth-order valence-electron chi connectivity index (χ4n) is 1.22. The molecular weight excluding hydrogens is 252 g/mol. The maximum absolute atomic E-state index is 5.18. The number of pyridine rings is 1. The van der Waals surface area contributed by atoms with Crippen molar-refractivity contribution in [1.29, 1.82) is 0 Å². The third kappa shape index (κ3) is 3.93. The second-order valence-corrected chi connectivity index (χ2v) is 4.17. The van der Waals surface area contributed by atoms with Gasteiger partial charge in [0.25, 0.3) is 0 Å². The molecule has 1 aromatic heterocycles. The summed E-state index contributed by atoms with van der Waals surface area (Å²) >= 11 is 3.51. The van der Waals surface area contributed by atoms with Gasteiger partial charge in [0.2, 0.25) is 0 Å². The van der Waals surface area contributed by atoms with Crippen LogP contribution in [0.4, 0.5) is 5.82 Å². The van der Waals surface area contributed by atoms with Crippen LogP contribution in [0.5, 0.6) is 0 Å². The topological polar surface area (TPSA) is 24.9 Å². The van der Waals surface area contributed by atoms with E-state index < -0.39 is 0 Å². The molecule has 3 heteroatoms. The van der Waals surface area contributed by atoms with Gasteiger partial charge in [-0.25, -0.2) is 4.98 Å². The van der Waals surface area contributed by atoms with Crippen LogP contribution in [0.15, 0.2) is 16.7 Å². The highest BCUT2D eigenvalue weighted by Crippen LogP contribution is 2.23. The summed E-state index contributed by atoms with van der Waals surface area (Å²) in [6, 6.07) is 1.98. The van der Waals surface area contributed by atoms with E-state index in [9.17, 15) is 0 Å². The molecule has 0 atom stereocenters. The fraction of sp³-hybridized carbons (Fsp3) is 0.417. The Labute approximate surface area is 99.6 Å². The molecule has 0 spiro atoms. The number of nitrogens with zero attached hydrogens (tertiary/aromatic N) is 1. The number of terminal acetylenes is 1. The van der Waals surface area contributed by atoms with Gasteiger partial charge in [-0.2, -0.15) is 0 Å². The van der Waals surface area contributed by atoms with Crippen molar-refractivity contribution >= 4 is 21.7 Å². The molecule has 0 aliphatic rings. The number of unbranched alkanes of at least 4 members (excludes halogenated alkanes) is 2. The second-order valence-electron chi connectivity index (χ2n) is 3.38. The van der Waals surface area contributed by atoms with Crippen molar-refractivity contribution in [2.75, 3.05) is 11.9 Å². The van der Waals surface area contributed by atoms with Crippen molar-refractivity contribution in [1.82, 2.24) is 4.98 Å². The molecule has 0 saturated carbocycles. The van der Waals surface area contributed by atoms with Crippen molar-refractivity contribution in [2.24, 2.45) is 0 Å². The minimum absolute atomic E-state index is 0.851. The Bertz CT molecular complexity index is 355.